The molecule has 7 rings (SSSR count). The average Bonchev–Trinajstić information content (AvgIpc) is 3.72. The fourth-order valence-corrected chi connectivity index (χ4v) is 4.55. The first-order valence-electron chi connectivity index (χ1n) is 12.2. The van der Waals surface area contributed by atoms with Crippen molar-refractivity contribution in [2.24, 2.45) is 0 Å². The molecular formula is C28H19FN10O. The molecule has 12 heteroatoms. The van der Waals surface area contributed by atoms with Gasteiger partial charge >= 0.3 is 0 Å². The quantitative estimate of drug-likeness (QED) is 0.289. The monoisotopic (exact) mass is 530 g/mol. The van der Waals surface area contributed by atoms with E-state index in [1.165, 1.54) is 18.6 Å². The van der Waals surface area contributed by atoms with Crippen molar-refractivity contribution in [2.75, 3.05) is 5.32 Å². The van der Waals surface area contributed by atoms with Crippen molar-refractivity contribution in [3.63, 3.8) is 0 Å². The van der Waals surface area contributed by atoms with E-state index in [-0.39, 0.29) is 17.0 Å². The molecule has 6 heterocycles. The van der Waals surface area contributed by atoms with Gasteiger partial charge in [0.1, 0.15) is 16.9 Å². The van der Waals surface area contributed by atoms with Gasteiger partial charge in [0.2, 0.25) is 0 Å². The second kappa shape index (κ2) is 9.20. The Morgan fingerprint density at radius 1 is 0.975 bits per heavy atom. The molecule has 0 aliphatic heterocycles. The Kier molecular flexibility index (Phi) is 5.37. The number of pyridine rings is 3. The third-order valence-corrected chi connectivity index (χ3v) is 6.44. The lowest BCUT2D eigenvalue weighted by atomic mass is 10.1. The van der Waals surface area contributed by atoms with E-state index in [4.69, 9.17) is 4.98 Å². The minimum atomic E-state index is -0.598. The summed E-state index contributed by atoms with van der Waals surface area (Å²) in [5.74, 6) is -0.533. The summed E-state index contributed by atoms with van der Waals surface area (Å²) in [5, 5.41) is 10.2. The number of nitrogens with zero attached hydrogens (tertiary/aromatic N) is 7. The second-order valence-electron chi connectivity index (χ2n) is 9.13. The molecule has 11 nitrogen and oxygen atoms in total. The zero-order chi connectivity index (χ0) is 27.2. The number of hydrogen-bond donors (Lipinski definition) is 3. The van der Waals surface area contributed by atoms with Crippen molar-refractivity contribution in [2.45, 2.75) is 6.92 Å². The molecule has 1 amide bonds. The Labute approximate surface area is 225 Å². The number of aryl methyl sites for hydroxylation is 1. The third-order valence-electron chi connectivity index (χ3n) is 6.44. The largest absolute Gasteiger partial charge is 0.335 e. The Balaban J connectivity index is 1.28. The Hall–Kier alpha value is -5.78. The third kappa shape index (κ3) is 3.95. The number of aromatic nitrogens is 9. The summed E-state index contributed by atoms with van der Waals surface area (Å²) in [4.78, 5) is 37.6. The summed E-state index contributed by atoms with van der Waals surface area (Å²) in [5.41, 5.74) is 4.93. The number of carbonyl (C=O) groups is 1. The maximum Gasteiger partial charge on any atom is 0.255 e. The van der Waals surface area contributed by atoms with E-state index >= 15 is 4.39 Å². The van der Waals surface area contributed by atoms with E-state index in [1.54, 1.807) is 49.1 Å². The zero-order valence-electron chi connectivity index (χ0n) is 20.9. The predicted molar refractivity (Wildman–Crippen MR) is 146 cm³/mol. The summed E-state index contributed by atoms with van der Waals surface area (Å²) in [7, 11) is 0. The lowest BCUT2D eigenvalue weighted by molar-refractivity contribution is 0.102. The maximum absolute atomic E-state index is 16.1. The van der Waals surface area contributed by atoms with Gasteiger partial charge in [-0.2, -0.15) is 5.10 Å². The SMILES string of the molecule is Cc1cn(-c2cncc3[nH]c(-c4n[nH]c5cnc(-c6cncc(NC(=O)c7ccccc7)c6)c(F)c45)nc23)cn1. The molecular weight excluding hydrogens is 511 g/mol. The highest BCUT2D eigenvalue weighted by Gasteiger charge is 2.21. The van der Waals surface area contributed by atoms with Crippen LogP contribution in [0.25, 0.3) is 50.4 Å². The normalized spacial score (nSPS) is 11.3. The molecule has 0 bridgehead atoms. The molecule has 0 saturated carbocycles. The van der Waals surface area contributed by atoms with Crippen LogP contribution in [-0.4, -0.2) is 50.6 Å². The van der Waals surface area contributed by atoms with Gasteiger partial charge in [-0.05, 0) is 25.1 Å². The number of H-pyrrole nitrogens is 2. The smallest absolute Gasteiger partial charge is 0.255 e. The minimum Gasteiger partial charge on any atom is -0.335 e. The molecule has 40 heavy (non-hydrogen) atoms. The highest BCUT2D eigenvalue weighted by atomic mass is 19.1. The van der Waals surface area contributed by atoms with Gasteiger partial charge in [0.15, 0.2) is 11.6 Å². The fraction of sp³-hybridized carbons (Fsp3) is 0.0357. The van der Waals surface area contributed by atoms with Crippen LogP contribution < -0.4 is 5.32 Å². The molecule has 194 valence electrons. The first-order chi connectivity index (χ1) is 19.5. The lowest BCUT2D eigenvalue weighted by Crippen LogP contribution is -2.11. The number of imidazole rings is 2. The minimum absolute atomic E-state index is 0.0609. The zero-order valence-corrected chi connectivity index (χ0v) is 20.9. The van der Waals surface area contributed by atoms with E-state index in [2.05, 4.69) is 40.4 Å². The van der Waals surface area contributed by atoms with Crippen LogP contribution in [0.4, 0.5) is 10.1 Å². The van der Waals surface area contributed by atoms with Crippen molar-refractivity contribution in [1.29, 1.82) is 0 Å². The average molecular weight is 531 g/mol. The highest BCUT2D eigenvalue weighted by molar-refractivity contribution is 6.04. The van der Waals surface area contributed by atoms with Gasteiger partial charge in [0.25, 0.3) is 5.91 Å². The van der Waals surface area contributed by atoms with Crippen LogP contribution >= 0.6 is 0 Å². The number of rotatable bonds is 5. The van der Waals surface area contributed by atoms with E-state index in [9.17, 15) is 4.79 Å². The Bertz CT molecular complexity index is 2040. The van der Waals surface area contributed by atoms with Gasteiger partial charge in [-0.25, -0.2) is 14.4 Å². The molecule has 0 atom stereocenters. The van der Waals surface area contributed by atoms with Crippen LogP contribution in [0.3, 0.4) is 0 Å². The van der Waals surface area contributed by atoms with E-state index in [0.717, 1.165) is 11.4 Å². The lowest BCUT2D eigenvalue weighted by Gasteiger charge is -2.08. The molecule has 6 aromatic heterocycles. The molecule has 1 aromatic carbocycles. The van der Waals surface area contributed by atoms with Gasteiger partial charge in [-0.15, -0.1) is 0 Å². The topological polar surface area (TPSA) is 143 Å². The molecule has 0 radical (unpaired) electrons. The molecule has 0 aliphatic carbocycles. The summed E-state index contributed by atoms with van der Waals surface area (Å²) >= 11 is 0. The number of nitrogens with one attached hydrogen (secondary N) is 3. The summed E-state index contributed by atoms with van der Waals surface area (Å²) in [6.07, 6.45) is 11.4. The van der Waals surface area contributed by atoms with E-state index in [1.807, 2.05) is 23.8 Å². The van der Waals surface area contributed by atoms with Crippen LogP contribution in [0.1, 0.15) is 16.1 Å². The van der Waals surface area contributed by atoms with Crippen LogP contribution in [0, 0.1) is 12.7 Å². The number of fused-ring (bicyclic) bond motifs is 2. The van der Waals surface area contributed by atoms with Gasteiger partial charge in [0, 0.05) is 23.5 Å². The Morgan fingerprint density at radius 2 is 1.82 bits per heavy atom. The number of amides is 1. The molecule has 3 N–H and O–H groups in total. The van der Waals surface area contributed by atoms with E-state index < -0.39 is 5.82 Å². The molecule has 0 saturated heterocycles. The van der Waals surface area contributed by atoms with Gasteiger partial charge in [-0.3, -0.25) is 24.8 Å². The number of aromatic amines is 2. The molecule has 0 unspecified atom stereocenters. The van der Waals surface area contributed by atoms with Crippen LogP contribution in [-0.2, 0) is 0 Å². The van der Waals surface area contributed by atoms with Crippen molar-refractivity contribution < 1.29 is 9.18 Å². The summed E-state index contributed by atoms with van der Waals surface area (Å²) in [6, 6.07) is 10.4. The number of carbonyl (C=O) groups excluding carboxylic acids is 1. The standard InChI is InChI=1S/C28H19FN10O/c1-15-13-39(14-33-15)21-12-31-10-20-25(21)36-27(35-20)26-22-19(37-38-26)11-32-24(23(22)29)17-7-18(9-30-8-17)34-28(40)16-5-3-2-4-6-16/h2-14H,1H3,(H,34,40)(H,35,36)(H,37,38). The Morgan fingerprint density at radius 3 is 2.65 bits per heavy atom. The number of anilines is 1. The van der Waals surface area contributed by atoms with E-state index in [0.29, 0.717) is 44.9 Å². The number of benzene rings is 1. The summed E-state index contributed by atoms with van der Waals surface area (Å²) < 4.78 is 17.9. The second-order valence-corrected chi connectivity index (χ2v) is 9.13. The van der Waals surface area contributed by atoms with Crippen LogP contribution in [0.2, 0.25) is 0 Å². The highest BCUT2D eigenvalue weighted by Crippen LogP contribution is 2.33. The first kappa shape index (κ1) is 23.3. The number of halogens is 1. The molecule has 0 fully saturated rings. The fourth-order valence-electron chi connectivity index (χ4n) is 4.55. The molecule has 0 spiro atoms. The van der Waals surface area contributed by atoms with Crippen molar-refractivity contribution in [1.82, 2.24) is 44.7 Å². The first-order valence-corrected chi connectivity index (χ1v) is 12.2. The van der Waals surface area contributed by atoms with Gasteiger partial charge < -0.3 is 14.9 Å². The van der Waals surface area contributed by atoms with Gasteiger partial charge in [-0.1, -0.05) is 18.2 Å². The molecule has 0 aliphatic rings. The number of hydrogen-bond acceptors (Lipinski definition) is 7. The van der Waals surface area contributed by atoms with Crippen molar-refractivity contribution in [3.8, 4) is 28.5 Å². The van der Waals surface area contributed by atoms with Crippen molar-refractivity contribution >= 4 is 33.5 Å². The maximum atomic E-state index is 16.1. The van der Waals surface area contributed by atoms with Crippen LogP contribution in [0.5, 0.6) is 0 Å². The van der Waals surface area contributed by atoms with Gasteiger partial charge in [0.05, 0.1) is 64.6 Å². The summed E-state index contributed by atoms with van der Waals surface area (Å²) in [6.45, 7) is 1.90. The predicted octanol–water partition coefficient (Wildman–Crippen LogP) is 4.84. The molecule has 7 aromatic rings. The van der Waals surface area contributed by atoms with Crippen molar-refractivity contribution in [3.05, 3.63) is 97.0 Å². The van der Waals surface area contributed by atoms with Crippen LogP contribution in [0.15, 0.2) is 79.9 Å².